The first kappa shape index (κ1) is 14.0. The van der Waals surface area contributed by atoms with Crippen LogP contribution in [0.15, 0.2) is 17.6 Å². The lowest BCUT2D eigenvalue weighted by Crippen LogP contribution is -2.20. The molecule has 2 N–H and O–H groups in total. The fourth-order valence-corrected chi connectivity index (χ4v) is 2.58. The van der Waals surface area contributed by atoms with Gasteiger partial charge in [-0.05, 0) is 12.5 Å². The summed E-state index contributed by atoms with van der Waals surface area (Å²) in [4.78, 5) is 3.66. The molecular formula is C11H13F3N4S. The van der Waals surface area contributed by atoms with E-state index in [9.17, 15) is 13.2 Å². The van der Waals surface area contributed by atoms with Gasteiger partial charge in [0.25, 0.3) is 0 Å². The molecule has 0 aliphatic rings. The Morgan fingerprint density at radius 2 is 2.26 bits per heavy atom. The van der Waals surface area contributed by atoms with Crippen molar-refractivity contribution >= 4 is 11.3 Å². The molecule has 0 fully saturated rings. The van der Waals surface area contributed by atoms with E-state index in [1.165, 1.54) is 0 Å². The summed E-state index contributed by atoms with van der Waals surface area (Å²) in [5, 5.41) is 11.3. The number of aromatic nitrogens is 3. The molecule has 0 aromatic carbocycles. The topological polar surface area (TPSA) is 53.6 Å². The lowest BCUT2D eigenvalue weighted by molar-refractivity contribution is -0.140. The van der Waals surface area contributed by atoms with Crippen molar-refractivity contribution in [2.75, 3.05) is 0 Å². The van der Waals surface area contributed by atoms with Gasteiger partial charge in [0.15, 0.2) is 5.69 Å². The van der Waals surface area contributed by atoms with Gasteiger partial charge in [0.1, 0.15) is 5.01 Å². The normalized spacial score (nSPS) is 13.7. The maximum Gasteiger partial charge on any atom is 0.434 e. The summed E-state index contributed by atoms with van der Waals surface area (Å²) in [6, 6.07) is 1.62. The molecule has 0 bridgehead atoms. The van der Waals surface area contributed by atoms with Crippen LogP contribution in [0.4, 0.5) is 13.2 Å². The molecule has 2 aromatic heterocycles. The van der Waals surface area contributed by atoms with Crippen molar-refractivity contribution in [2.24, 2.45) is 0 Å². The van der Waals surface area contributed by atoms with Crippen LogP contribution in [0.5, 0.6) is 0 Å². The van der Waals surface area contributed by atoms with E-state index in [0.29, 0.717) is 18.0 Å². The summed E-state index contributed by atoms with van der Waals surface area (Å²) in [7, 11) is 0. The lowest BCUT2D eigenvalue weighted by atomic mass is 10.2. The van der Waals surface area contributed by atoms with Crippen molar-refractivity contribution in [3.63, 3.8) is 0 Å². The fourth-order valence-electron chi connectivity index (χ4n) is 1.60. The van der Waals surface area contributed by atoms with E-state index in [4.69, 9.17) is 0 Å². The molecule has 104 valence electrons. The summed E-state index contributed by atoms with van der Waals surface area (Å²) >= 11 is 1.03. The predicted molar refractivity (Wildman–Crippen MR) is 65.6 cm³/mol. The van der Waals surface area contributed by atoms with E-state index in [1.54, 1.807) is 6.20 Å². The first-order chi connectivity index (χ1) is 9.00. The number of halogens is 3. The Morgan fingerprint density at radius 1 is 1.47 bits per heavy atom. The smallest absolute Gasteiger partial charge is 0.302 e. The number of thiazole rings is 1. The van der Waals surface area contributed by atoms with E-state index in [-0.39, 0.29) is 6.04 Å². The minimum Gasteiger partial charge on any atom is -0.302 e. The third-order valence-electron chi connectivity index (χ3n) is 2.62. The zero-order valence-electron chi connectivity index (χ0n) is 10.2. The van der Waals surface area contributed by atoms with Crippen LogP contribution in [0.1, 0.15) is 35.8 Å². The number of hydrogen-bond donors (Lipinski definition) is 2. The predicted octanol–water partition coefficient (Wildman–Crippen LogP) is 3.13. The molecule has 4 nitrogen and oxygen atoms in total. The Hall–Kier alpha value is -1.41. The van der Waals surface area contributed by atoms with Crippen molar-refractivity contribution < 1.29 is 13.2 Å². The first-order valence-corrected chi connectivity index (χ1v) is 6.63. The van der Waals surface area contributed by atoms with Crippen LogP contribution in [0.3, 0.4) is 0 Å². The summed E-state index contributed by atoms with van der Waals surface area (Å²) in [5.74, 6) is 0. The highest BCUT2D eigenvalue weighted by atomic mass is 32.1. The highest BCUT2D eigenvalue weighted by molar-refractivity contribution is 7.09. The Balaban J connectivity index is 2.03. The van der Waals surface area contributed by atoms with Gasteiger partial charge in [0.05, 0.1) is 6.04 Å². The summed E-state index contributed by atoms with van der Waals surface area (Å²) in [6.45, 7) is 2.42. The number of nitrogens with one attached hydrogen (secondary N) is 2. The molecule has 0 amide bonds. The van der Waals surface area contributed by atoms with Gasteiger partial charge in [-0.25, -0.2) is 4.98 Å². The minimum atomic E-state index is -4.38. The molecule has 19 heavy (non-hydrogen) atoms. The number of hydrogen-bond acceptors (Lipinski definition) is 4. The maximum atomic E-state index is 12.5. The molecule has 8 heteroatoms. The van der Waals surface area contributed by atoms with Crippen LogP contribution in [0.25, 0.3) is 0 Å². The van der Waals surface area contributed by atoms with Crippen LogP contribution in [0, 0.1) is 0 Å². The Kier molecular flexibility index (Phi) is 4.20. The molecule has 0 aliphatic heterocycles. The first-order valence-electron chi connectivity index (χ1n) is 5.75. The summed E-state index contributed by atoms with van der Waals surface area (Å²) < 4.78 is 37.5. The average molecular weight is 290 g/mol. The van der Waals surface area contributed by atoms with E-state index in [2.05, 4.69) is 20.5 Å². The fraction of sp³-hybridized carbons (Fsp3) is 0.455. The van der Waals surface area contributed by atoms with Gasteiger partial charge in [-0.15, -0.1) is 11.3 Å². The SMILES string of the molecule is CC[C@H](NCc1ccn[nH]1)c1nc(C(F)(F)F)cs1. The van der Waals surface area contributed by atoms with Crippen LogP contribution < -0.4 is 5.32 Å². The van der Waals surface area contributed by atoms with Gasteiger partial charge in [0.2, 0.25) is 0 Å². The molecular weight excluding hydrogens is 277 g/mol. The molecule has 2 rings (SSSR count). The third-order valence-corrected chi connectivity index (χ3v) is 3.57. The number of alkyl halides is 3. The Labute approximate surface area is 112 Å². The second kappa shape index (κ2) is 5.70. The van der Waals surface area contributed by atoms with E-state index < -0.39 is 11.9 Å². The molecule has 1 atom stereocenters. The van der Waals surface area contributed by atoms with Crippen molar-refractivity contribution in [3.05, 3.63) is 34.0 Å². The zero-order valence-corrected chi connectivity index (χ0v) is 11.0. The number of nitrogens with zero attached hydrogens (tertiary/aromatic N) is 2. The van der Waals surface area contributed by atoms with Gasteiger partial charge < -0.3 is 5.32 Å². The molecule has 0 radical (unpaired) electrons. The van der Waals surface area contributed by atoms with E-state index >= 15 is 0 Å². The van der Waals surface area contributed by atoms with Crippen LogP contribution in [-0.4, -0.2) is 15.2 Å². The van der Waals surface area contributed by atoms with Crippen molar-refractivity contribution in [2.45, 2.75) is 32.1 Å². The van der Waals surface area contributed by atoms with E-state index in [0.717, 1.165) is 22.4 Å². The highest BCUT2D eigenvalue weighted by Crippen LogP contribution is 2.32. The summed E-state index contributed by atoms with van der Waals surface area (Å²) in [6.07, 6.45) is -2.08. The molecule has 0 spiro atoms. The van der Waals surface area contributed by atoms with Crippen molar-refractivity contribution in [1.29, 1.82) is 0 Å². The van der Waals surface area contributed by atoms with Gasteiger partial charge in [-0.3, -0.25) is 5.10 Å². The van der Waals surface area contributed by atoms with Crippen molar-refractivity contribution in [1.82, 2.24) is 20.5 Å². The molecule has 2 heterocycles. The molecule has 0 aliphatic carbocycles. The molecule has 2 aromatic rings. The van der Waals surface area contributed by atoms with Crippen LogP contribution in [-0.2, 0) is 12.7 Å². The Bertz CT molecular complexity index is 506. The van der Waals surface area contributed by atoms with E-state index in [1.807, 2.05) is 13.0 Å². The van der Waals surface area contributed by atoms with Gasteiger partial charge in [-0.2, -0.15) is 18.3 Å². The number of H-pyrrole nitrogens is 1. The maximum absolute atomic E-state index is 12.5. The Morgan fingerprint density at radius 3 is 2.79 bits per heavy atom. The highest BCUT2D eigenvalue weighted by Gasteiger charge is 2.34. The summed E-state index contributed by atoms with van der Waals surface area (Å²) in [5.41, 5.74) is 0.0559. The number of rotatable bonds is 5. The third kappa shape index (κ3) is 3.54. The van der Waals surface area contributed by atoms with Gasteiger partial charge >= 0.3 is 6.18 Å². The quantitative estimate of drug-likeness (QED) is 0.889. The second-order valence-corrected chi connectivity index (χ2v) is 4.88. The number of aromatic amines is 1. The average Bonchev–Trinajstić information content (AvgIpc) is 2.98. The molecule has 0 saturated heterocycles. The van der Waals surface area contributed by atoms with Crippen LogP contribution in [0.2, 0.25) is 0 Å². The minimum absolute atomic E-state index is 0.190. The molecule has 0 saturated carbocycles. The lowest BCUT2D eigenvalue weighted by Gasteiger charge is -2.13. The van der Waals surface area contributed by atoms with Crippen LogP contribution >= 0.6 is 11.3 Å². The monoisotopic (exact) mass is 290 g/mol. The largest absolute Gasteiger partial charge is 0.434 e. The van der Waals surface area contributed by atoms with Crippen molar-refractivity contribution in [3.8, 4) is 0 Å². The molecule has 0 unspecified atom stereocenters. The standard InChI is InChI=1S/C11H13F3N4S/c1-2-8(15-5-7-3-4-16-18-7)10-17-9(6-19-10)11(12,13)14/h3-4,6,8,15H,2,5H2,1H3,(H,16,18)/t8-/m0/s1. The van der Waals surface area contributed by atoms with Gasteiger partial charge in [0, 0.05) is 23.8 Å². The zero-order chi connectivity index (χ0) is 13.9. The van der Waals surface area contributed by atoms with Gasteiger partial charge in [-0.1, -0.05) is 6.92 Å². The second-order valence-electron chi connectivity index (χ2n) is 3.99.